The van der Waals surface area contributed by atoms with Gasteiger partial charge in [0, 0.05) is 19.4 Å². The molecule has 82 valence electrons. The summed E-state index contributed by atoms with van der Waals surface area (Å²) in [5.74, 6) is -0.631. The first kappa shape index (κ1) is 15.3. The van der Waals surface area contributed by atoms with Crippen LogP contribution in [0.2, 0.25) is 0 Å². The van der Waals surface area contributed by atoms with E-state index in [1.807, 2.05) is 19.0 Å². The van der Waals surface area contributed by atoms with Crippen molar-refractivity contribution in [1.82, 2.24) is 4.90 Å². The maximum Gasteiger partial charge on any atom is 0.303 e. The van der Waals surface area contributed by atoms with Crippen LogP contribution in [0.1, 0.15) is 19.8 Å². The number of nitrogens with zero attached hydrogens (tertiary/aromatic N) is 1. The van der Waals surface area contributed by atoms with Crippen molar-refractivity contribution in [3.8, 4) is 0 Å². The van der Waals surface area contributed by atoms with Gasteiger partial charge < -0.3 is 10.0 Å². The lowest BCUT2D eigenvalue weighted by atomic mass is 10.3. The summed E-state index contributed by atoms with van der Waals surface area (Å²) in [5.41, 5.74) is 0. The number of carbonyl (C=O) groups excluding carboxylic acids is 1. The molecule has 0 aliphatic heterocycles. The Kier molecular flexibility index (Phi) is 10.9. The number of ketones is 1. The van der Waals surface area contributed by atoms with Gasteiger partial charge in [0.25, 0.3) is 0 Å². The number of carbonyl (C=O) groups is 2. The molecule has 0 atom stereocenters. The molecule has 4 heteroatoms. The lowest BCUT2D eigenvalue weighted by Gasteiger charge is -2.05. The summed E-state index contributed by atoms with van der Waals surface area (Å²) in [5, 5.41) is 7.72. The van der Waals surface area contributed by atoms with Crippen LogP contribution in [0.5, 0.6) is 0 Å². The highest BCUT2D eigenvalue weighted by Crippen LogP contribution is 1.85. The highest BCUT2D eigenvalue weighted by Gasteiger charge is 1.94. The van der Waals surface area contributed by atoms with E-state index < -0.39 is 5.97 Å². The standard InChI is InChI=1S/C7H13NO.C3H6O2/c1-4-7(9)5-6-8(2)3;1-2-3(4)5/h4H,1,5-6H2,2-3H3;2H2,1H3,(H,4,5). The van der Waals surface area contributed by atoms with E-state index in [1.165, 1.54) is 6.08 Å². The Morgan fingerprint density at radius 2 is 1.86 bits per heavy atom. The van der Waals surface area contributed by atoms with E-state index >= 15 is 0 Å². The van der Waals surface area contributed by atoms with Gasteiger partial charge in [-0.15, -0.1) is 0 Å². The van der Waals surface area contributed by atoms with E-state index in [0.29, 0.717) is 6.42 Å². The Morgan fingerprint density at radius 3 is 2.07 bits per heavy atom. The summed E-state index contributed by atoms with van der Waals surface area (Å²) < 4.78 is 0. The molecule has 0 unspecified atom stereocenters. The van der Waals surface area contributed by atoms with Crippen LogP contribution >= 0.6 is 0 Å². The molecular weight excluding hydrogens is 182 g/mol. The zero-order valence-corrected chi connectivity index (χ0v) is 9.12. The molecule has 0 aromatic heterocycles. The van der Waals surface area contributed by atoms with Crippen LogP contribution in [0.15, 0.2) is 12.7 Å². The first-order valence-corrected chi connectivity index (χ1v) is 4.45. The van der Waals surface area contributed by atoms with Gasteiger partial charge in [-0.3, -0.25) is 9.59 Å². The topological polar surface area (TPSA) is 57.6 Å². The fraction of sp³-hybridized carbons (Fsp3) is 0.600. The van der Waals surface area contributed by atoms with Gasteiger partial charge in [-0.25, -0.2) is 0 Å². The van der Waals surface area contributed by atoms with Gasteiger partial charge >= 0.3 is 5.97 Å². The van der Waals surface area contributed by atoms with Crippen molar-refractivity contribution in [3.05, 3.63) is 12.7 Å². The second-order valence-electron chi connectivity index (χ2n) is 2.97. The van der Waals surface area contributed by atoms with Gasteiger partial charge in [0.15, 0.2) is 5.78 Å². The molecule has 14 heavy (non-hydrogen) atoms. The zero-order valence-electron chi connectivity index (χ0n) is 9.12. The first-order valence-electron chi connectivity index (χ1n) is 4.45. The minimum Gasteiger partial charge on any atom is -0.481 e. The number of hydrogen-bond acceptors (Lipinski definition) is 3. The predicted molar refractivity (Wildman–Crippen MR) is 56.3 cm³/mol. The Morgan fingerprint density at radius 1 is 1.43 bits per heavy atom. The fourth-order valence-electron chi connectivity index (χ4n) is 0.436. The van der Waals surface area contributed by atoms with E-state index in [9.17, 15) is 9.59 Å². The summed E-state index contributed by atoms with van der Waals surface area (Å²) in [7, 11) is 3.88. The summed E-state index contributed by atoms with van der Waals surface area (Å²) in [6.07, 6.45) is 2.17. The van der Waals surface area contributed by atoms with E-state index in [1.54, 1.807) is 6.92 Å². The molecule has 0 aromatic rings. The second-order valence-corrected chi connectivity index (χ2v) is 2.97. The van der Waals surface area contributed by atoms with Crippen molar-refractivity contribution in [2.45, 2.75) is 19.8 Å². The number of carboxylic acid groups (broad SMARTS) is 1. The maximum atomic E-state index is 10.6. The number of rotatable bonds is 5. The molecule has 0 bridgehead atoms. The molecule has 0 aliphatic carbocycles. The quantitative estimate of drug-likeness (QED) is 0.678. The normalized spacial score (nSPS) is 8.86. The van der Waals surface area contributed by atoms with Crippen LogP contribution in [0.25, 0.3) is 0 Å². The summed E-state index contributed by atoms with van der Waals surface area (Å²) in [6.45, 7) is 5.78. The van der Waals surface area contributed by atoms with Crippen LogP contribution in [0.4, 0.5) is 0 Å². The third kappa shape index (κ3) is 17.1. The Balaban J connectivity index is 0. The number of aliphatic carboxylic acids is 1. The Bertz CT molecular complexity index is 188. The summed E-state index contributed by atoms with van der Waals surface area (Å²) in [6, 6.07) is 0. The van der Waals surface area contributed by atoms with Gasteiger partial charge in [0.2, 0.25) is 0 Å². The van der Waals surface area contributed by atoms with Crippen molar-refractivity contribution < 1.29 is 14.7 Å². The molecular formula is C10H19NO3. The van der Waals surface area contributed by atoms with Crippen molar-refractivity contribution in [3.63, 3.8) is 0 Å². The molecule has 0 radical (unpaired) electrons. The third-order valence-corrected chi connectivity index (χ3v) is 1.34. The molecule has 0 spiro atoms. The second kappa shape index (κ2) is 9.92. The molecule has 4 nitrogen and oxygen atoms in total. The molecule has 0 rings (SSSR count). The van der Waals surface area contributed by atoms with E-state index in [2.05, 4.69) is 6.58 Å². The SMILES string of the molecule is C=CC(=O)CCN(C)C.CCC(=O)O. The highest BCUT2D eigenvalue weighted by molar-refractivity contribution is 5.89. The van der Waals surface area contributed by atoms with E-state index in [0.717, 1.165) is 6.54 Å². The molecule has 1 N–H and O–H groups in total. The molecule has 0 saturated carbocycles. The molecule has 0 aliphatic rings. The van der Waals surface area contributed by atoms with Crippen molar-refractivity contribution in [2.75, 3.05) is 20.6 Å². The molecule has 0 amide bonds. The van der Waals surface area contributed by atoms with Crippen LogP contribution < -0.4 is 0 Å². The maximum absolute atomic E-state index is 10.6. The van der Waals surface area contributed by atoms with Crippen molar-refractivity contribution in [2.24, 2.45) is 0 Å². The third-order valence-electron chi connectivity index (χ3n) is 1.34. The average molecular weight is 201 g/mol. The summed E-state index contributed by atoms with van der Waals surface area (Å²) in [4.78, 5) is 21.9. The molecule has 0 fully saturated rings. The van der Waals surface area contributed by atoms with Gasteiger partial charge in [0.05, 0.1) is 0 Å². The van der Waals surface area contributed by atoms with Crippen LogP contribution in [0, 0.1) is 0 Å². The van der Waals surface area contributed by atoms with E-state index in [4.69, 9.17) is 5.11 Å². The van der Waals surface area contributed by atoms with Crippen LogP contribution in [-0.2, 0) is 9.59 Å². The number of carboxylic acids is 1. The lowest BCUT2D eigenvalue weighted by Crippen LogP contribution is -2.15. The smallest absolute Gasteiger partial charge is 0.303 e. The Labute approximate surface area is 85.2 Å². The van der Waals surface area contributed by atoms with E-state index in [-0.39, 0.29) is 12.2 Å². The average Bonchev–Trinajstić information content (AvgIpc) is 2.14. The van der Waals surface area contributed by atoms with Gasteiger partial charge in [-0.2, -0.15) is 0 Å². The summed E-state index contributed by atoms with van der Waals surface area (Å²) >= 11 is 0. The largest absolute Gasteiger partial charge is 0.481 e. The van der Waals surface area contributed by atoms with Crippen LogP contribution in [0.3, 0.4) is 0 Å². The van der Waals surface area contributed by atoms with Gasteiger partial charge in [-0.05, 0) is 20.2 Å². The number of allylic oxidation sites excluding steroid dienone is 1. The van der Waals surface area contributed by atoms with Gasteiger partial charge in [0.1, 0.15) is 0 Å². The molecule has 0 aromatic carbocycles. The minimum atomic E-state index is -0.745. The van der Waals surface area contributed by atoms with Crippen molar-refractivity contribution in [1.29, 1.82) is 0 Å². The zero-order chi connectivity index (χ0) is 11.6. The number of hydrogen-bond donors (Lipinski definition) is 1. The fourth-order valence-corrected chi connectivity index (χ4v) is 0.436. The Hall–Kier alpha value is -1.16. The monoisotopic (exact) mass is 201 g/mol. The van der Waals surface area contributed by atoms with Gasteiger partial charge in [-0.1, -0.05) is 13.5 Å². The molecule has 0 heterocycles. The highest BCUT2D eigenvalue weighted by atomic mass is 16.4. The minimum absolute atomic E-state index is 0.115. The van der Waals surface area contributed by atoms with Crippen LogP contribution in [-0.4, -0.2) is 42.4 Å². The van der Waals surface area contributed by atoms with Crippen molar-refractivity contribution >= 4 is 11.8 Å². The predicted octanol–water partition coefficient (Wildman–Crippen LogP) is 1.17. The molecule has 0 saturated heterocycles. The lowest BCUT2D eigenvalue weighted by molar-refractivity contribution is -0.136. The first-order chi connectivity index (χ1) is 6.43.